The molecule has 138 valence electrons. The van der Waals surface area contributed by atoms with Crippen molar-refractivity contribution in [1.29, 1.82) is 0 Å². The highest BCUT2D eigenvalue weighted by Crippen LogP contribution is 2.41. The van der Waals surface area contributed by atoms with Crippen LogP contribution in [-0.2, 0) is 14.4 Å². The zero-order valence-electron chi connectivity index (χ0n) is 14.1. The minimum atomic E-state index is -1.35. The van der Waals surface area contributed by atoms with E-state index in [1.165, 1.54) is 0 Å². The SMILES string of the molecule is O=C([O-])CCN1C(=O)C(=O)C(=C(O)c2ccccc2)[C@H]1c1ccccc1Cl. The molecule has 6 nitrogen and oxygen atoms in total. The number of amides is 1. The first kappa shape index (κ1) is 18.7. The standard InChI is InChI=1S/C20H16ClNO5/c21-14-9-5-4-8-13(14)17-16(18(25)12-6-2-1-3-7-12)19(26)20(27)22(17)11-10-15(23)24/h1-9,17,25H,10-11H2,(H,23,24)/p-1/t17-/m1/s1. The van der Waals surface area contributed by atoms with Crippen molar-refractivity contribution in [2.75, 3.05) is 6.54 Å². The Morgan fingerprint density at radius 2 is 1.70 bits per heavy atom. The smallest absolute Gasteiger partial charge is 0.295 e. The van der Waals surface area contributed by atoms with Crippen LogP contribution in [0.4, 0.5) is 0 Å². The number of Topliss-reactive ketones (excluding diaryl/α,β-unsaturated/α-hetero) is 1. The minimum Gasteiger partial charge on any atom is -0.550 e. The molecule has 0 bridgehead atoms. The van der Waals surface area contributed by atoms with E-state index >= 15 is 0 Å². The molecule has 3 rings (SSSR count). The third-order valence-corrected chi connectivity index (χ3v) is 4.69. The summed E-state index contributed by atoms with van der Waals surface area (Å²) < 4.78 is 0. The Kier molecular flexibility index (Phi) is 5.28. The van der Waals surface area contributed by atoms with Crippen molar-refractivity contribution in [3.63, 3.8) is 0 Å². The number of halogens is 1. The molecule has 1 heterocycles. The number of aliphatic hydroxyl groups is 1. The summed E-state index contributed by atoms with van der Waals surface area (Å²) in [5.74, 6) is -3.47. The van der Waals surface area contributed by atoms with Crippen molar-refractivity contribution in [1.82, 2.24) is 4.90 Å². The number of rotatable bonds is 5. The second-order valence-corrected chi connectivity index (χ2v) is 6.41. The van der Waals surface area contributed by atoms with Crippen LogP contribution in [0.25, 0.3) is 5.76 Å². The van der Waals surface area contributed by atoms with E-state index in [1.807, 2.05) is 0 Å². The molecule has 7 heteroatoms. The van der Waals surface area contributed by atoms with Gasteiger partial charge in [0.05, 0.1) is 11.6 Å². The lowest BCUT2D eigenvalue weighted by Crippen LogP contribution is -2.34. The fourth-order valence-corrected chi connectivity index (χ4v) is 3.33. The summed E-state index contributed by atoms with van der Waals surface area (Å²) in [6.07, 6.45) is -0.445. The molecule has 0 unspecified atom stereocenters. The molecule has 1 atom stereocenters. The molecule has 0 spiro atoms. The predicted octanol–water partition coefficient (Wildman–Crippen LogP) is 1.90. The lowest BCUT2D eigenvalue weighted by atomic mass is 9.95. The van der Waals surface area contributed by atoms with E-state index < -0.39 is 30.1 Å². The first-order valence-corrected chi connectivity index (χ1v) is 8.57. The number of aliphatic carboxylic acids is 1. The second-order valence-electron chi connectivity index (χ2n) is 6.00. The van der Waals surface area contributed by atoms with Gasteiger partial charge in [-0.3, -0.25) is 9.59 Å². The van der Waals surface area contributed by atoms with Crippen molar-refractivity contribution in [3.8, 4) is 0 Å². The molecule has 0 aromatic heterocycles. The van der Waals surface area contributed by atoms with Crippen LogP contribution in [0.15, 0.2) is 60.2 Å². The number of benzene rings is 2. The van der Waals surface area contributed by atoms with Gasteiger partial charge in [0.1, 0.15) is 5.76 Å². The average molecular weight is 385 g/mol. The summed E-state index contributed by atoms with van der Waals surface area (Å²) in [5, 5.41) is 21.9. The highest BCUT2D eigenvalue weighted by molar-refractivity contribution is 6.47. The van der Waals surface area contributed by atoms with Crippen molar-refractivity contribution < 1.29 is 24.6 Å². The molecular weight excluding hydrogens is 370 g/mol. The third kappa shape index (κ3) is 3.57. The van der Waals surface area contributed by atoms with E-state index in [0.717, 1.165) is 4.90 Å². The minimum absolute atomic E-state index is 0.127. The van der Waals surface area contributed by atoms with Crippen LogP contribution < -0.4 is 5.11 Å². The van der Waals surface area contributed by atoms with Crippen molar-refractivity contribution in [3.05, 3.63) is 76.3 Å². The fourth-order valence-electron chi connectivity index (χ4n) is 3.09. The maximum atomic E-state index is 12.7. The Morgan fingerprint density at radius 3 is 2.33 bits per heavy atom. The van der Waals surface area contributed by atoms with Crippen molar-refractivity contribution in [2.45, 2.75) is 12.5 Å². The molecule has 0 radical (unpaired) electrons. The van der Waals surface area contributed by atoms with Gasteiger partial charge in [-0.25, -0.2) is 0 Å². The molecule has 2 aromatic carbocycles. The molecule has 0 saturated carbocycles. The van der Waals surface area contributed by atoms with Crippen molar-refractivity contribution >= 4 is 35.0 Å². The van der Waals surface area contributed by atoms with Crippen LogP contribution in [0.5, 0.6) is 0 Å². The van der Waals surface area contributed by atoms with Crippen LogP contribution in [0, 0.1) is 0 Å². The summed E-state index contributed by atoms with van der Waals surface area (Å²) in [4.78, 5) is 37.2. The largest absolute Gasteiger partial charge is 0.550 e. The molecule has 27 heavy (non-hydrogen) atoms. The highest BCUT2D eigenvalue weighted by atomic mass is 35.5. The summed E-state index contributed by atoms with van der Waals surface area (Å²) in [6, 6.07) is 13.9. The van der Waals surface area contributed by atoms with Crippen LogP contribution in [0.1, 0.15) is 23.6 Å². The van der Waals surface area contributed by atoms with Crippen LogP contribution in [0.2, 0.25) is 5.02 Å². The number of carboxylic acids is 1. The molecule has 1 saturated heterocycles. The lowest BCUT2D eigenvalue weighted by Gasteiger charge is -2.26. The highest BCUT2D eigenvalue weighted by Gasteiger charge is 2.46. The number of aliphatic hydroxyl groups excluding tert-OH is 1. The Labute approximate surface area is 160 Å². The van der Waals surface area contributed by atoms with Gasteiger partial charge in [0, 0.05) is 29.5 Å². The quantitative estimate of drug-likeness (QED) is 0.482. The van der Waals surface area contributed by atoms with Crippen molar-refractivity contribution in [2.24, 2.45) is 0 Å². The molecule has 2 aromatic rings. The van der Waals surface area contributed by atoms with Gasteiger partial charge in [0.2, 0.25) is 0 Å². The number of ketones is 1. The number of hydrogen-bond acceptors (Lipinski definition) is 5. The number of carbonyl (C=O) groups is 3. The van der Waals surface area contributed by atoms with E-state index in [9.17, 15) is 24.6 Å². The van der Waals surface area contributed by atoms with Gasteiger partial charge >= 0.3 is 0 Å². The first-order chi connectivity index (χ1) is 12.9. The lowest BCUT2D eigenvalue weighted by molar-refractivity contribution is -0.305. The van der Waals surface area contributed by atoms with Gasteiger partial charge in [-0.1, -0.05) is 60.1 Å². The Balaban J connectivity index is 2.18. The summed E-state index contributed by atoms with van der Waals surface area (Å²) in [7, 11) is 0. The molecular formula is C20H15ClNO5-. The molecule has 1 amide bonds. The van der Waals surface area contributed by atoms with Crippen LogP contribution in [0.3, 0.4) is 0 Å². The second kappa shape index (κ2) is 7.63. The molecule has 1 aliphatic heterocycles. The van der Waals surface area contributed by atoms with Gasteiger partial charge < -0.3 is 19.9 Å². The summed E-state index contributed by atoms with van der Waals surface area (Å²) >= 11 is 6.26. The maximum absolute atomic E-state index is 12.7. The first-order valence-electron chi connectivity index (χ1n) is 8.20. The van der Waals surface area contributed by atoms with Gasteiger partial charge in [-0.2, -0.15) is 0 Å². The van der Waals surface area contributed by atoms with E-state index in [4.69, 9.17) is 11.6 Å². The molecule has 1 fully saturated rings. The van der Waals surface area contributed by atoms with Gasteiger partial charge in [0.25, 0.3) is 11.7 Å². The van der Waals surface area contributed by atoms with Gasteiger partial charge in [0.15, 0.2) is 0 Å². The molecule has 1 aliphatic rings. The number of carbonyl (C=O) groups excluding carboxylic acids is 3. The molecule has 0 aliphatic carbocycles. The number of likely N-dealkylation sites (tertiary alicyclic amines) is 1. The topological polar surface area (TPSA) is 97.7 Å². The zero-order valence-corrected chi connectivity index (χ0v) is 14.8. The van der Waals surface area contributed by atoms with Crippen LogP contribution in [-0.4, -0.2) is 34.2 Å². The number of carboxylic acid groups (broad SMARTS) is 1. The van der Waals surface area contributed by atoms with E-state index in [0.29, 0.717) is 16.1 Å². The zero-order chi connectivity index (χ0) is 19.6. The predicted molar refractivity (Wildman–Crippen MR) is 96.5 cm³/mol. The third-order valence-electron chi connectivity index (χ3n) is 4.34. The average Bonchev–Trinajstić information content (AvgIpc) is 2.91. The Bertz CT molecular complexity index is 938. The van der Waals surface area contributed by atoms with E-state index in [1.54, 1.807) is 54.6 Å². The number of hydrogen-bond donors (Lipinski definition) is 1. The van der Waals surface area contributed by atoms with Gasteiger partial charge in [-0.15, -0.1) is 0 Å². The normalized spacial score (nSPS) is 18.7. The Hall–Kier alpha value is -3.12. The van der Waals surface area contributed by atoms with E-state index in [-0.39, 0.29) is 17.9 Å². The maximum Gasteiger partial charge on any atom is 0.295 e. The fraction of sp³-hybridized carbons (Fsp3) is 0.150. The van der Waals surface area contributed by atoms with E-state index in [2.05, 4.69) is 0 Å². The van der Waals surface area contributed by atoms with Crippen LogP contribution >= 0.6 is 11.6 Å². The summed E-state index contributed by atoms with van der Waals surface area (Å²) in [5.41, 5.74) is 0.666. The molecule has 1 N–H and O–H groups in total. The number of nitrogens with zero attached hydrogens (tertiary/aromatic N) is 1. The van der Waals surface area contributed by atoms with Gasteiger partial charge in [-0.05, 0) is 11.6 Å². The Morgan fingerprint density at radius 1 is 1.07 bits per heavy atom. The monoisotopic (exact) mass is 384 g/mol. The summed E-state index contributed by atoms with van der Waals surface area (Å²) in [6.45, 7) is -0.242.